The molecule has 0 bridgehead atoms. The Labute approximate surface area is 122 Å². The van der Waals surface area contributed by atoms with Gasteiger partial charge in [0.1, 0.15) is 0 Å². The summed E-state index contributed by atoms with van der Waals surface area (Å²) in [5.74, 6) is -2.57. The fourth-order valence-electron chi connectivity index (χ4n) is 2.58. The van der Waals surface area contributed by atoms with Gasteiger partial charge in [-0.25, -0.2) is 9.59 Å². The van der Waals surface area contributed by atoms with Gasteiger partial charge in [0, 0.05) is 19.4 Å². The number of dihydropyridines is 1. The second kappa shape index (κ2) is 5.95. The van der Waals surface area contributed by atoms with E-state index >= 15 is 0 Å². The molecule has 0 aromatic heterocycles. The fourth-order valence-corrected chi connectivity index (χ4v) is 2.58. The third-order valence-corrected chi connectivity index (χ3v) is 4.01. The van der Waals surface area contributed by atoms with Crippen molar-refractivity contribution in [3.8, 4) is 0 Å². The molecule has 2 atom stereocenters. The van der Waals surface area contributed by atoms with Crippen LogP contribution < -0.4 is 0 Å². The lowest BCUT2D eigenvalue weighted by atomic mass is 9.77. The molecule has 0 radical (unpaired) electrons. The van der Waals surface area contributed by atoms with E-state index in [1.54, 1.807) is 13.8 Å². The number of carboxylic acids is 2. The van der Waals surface area contributed by atoms with Crippen LogP contribution in [-0.2, 0) is 19.1 Å². The fraction of sp³-hybridized carbons (Fsp3) is 0.643. The molecule has 1 saturated heterocycles. The second-order valence-electron chi connectivity index (χ2n) is 5.43. The van der Waals surface area contributed by atoms with Crippen molar-refractivity contribution in [1.82, 2.24) is 0 Å². The average molecular weight is 297 g/mol. The number of hydrogen-bond acceptors (Lipinski definition) is 5. The summed E-state index contributed by atoms with van der Waals surface area (Å²) in [6.45, 7) is 4.39. The molecule has 0 saturated carbocycles. The van der Waals surface area contributed by atoms with Crippen LogP contribution in [0.3, 0.4) is 0 Å². The number of carboxylic acid groups (broad SMARTS) is 2. The van der Waals surface area contributed by atoms with Crippen molar-refractivity contribution in [2.45, 2.75) is 39.0 Å². The van der Waals surface area contributed by atoms with Gasteiger partial charge >= 0.3 is 11.9 Å². The average Bonchev–Trinajstić information content (AvgIpc) is 2.70. The molecular weight excluding hydrogens is 278 g/mol. The van der Waals surface area contributed by atoms with Crippen LogP contribution in [0, 0.1) is 5.41 Å². The van der Waals surface area contributed by atoms with Crippen molar-refractivity contribution in [3.63, 3.8) is 0 Å². The molecule has 0 aliphatic carbocycles. The molecule has 0 aromatic rings. The van der Waals surface area contributed by atoms with Crippen LogP contribution in [0.15, 0.2) is 16.1 Å². The monoisotopic (exact) mass is 297 g/mol. The number of aliphatic imine (C=N–C) groups is 1. The zero-order valence-electron chi connectivity index (χ0n) is 12.0. The Bertz CT molecular complexity index is 504. The summed E-state index contributed by atoms with van der Waals surface area (Å²) in [5.41, 5.74) is -0.697. The minimum absolute atomic E-state index is 0.219. The molecule has 116 valence electrons. The van der Waals surface area contributed by atoms with Gasteiger partial charge in [-0.2, -0.15) is 0 Å². The summed E-state index contributed by atoms with van der Waals surface area (Å²) in [6, 6.07) is -1.39. The van der Waals surface area contributed by atoms with E-state index in [0.29, 0.717) is 18.8 Å². The van der Waals surface area contributed by atoms with Crippen molar-refractivity contribution in [2.24, 2.45) is 10.4 Å². The molecule has 2 heterocycles. The van der Waals surface area contributed by atoms with Crippen molar-refractivity contribution in [2.75, 3.05) is 13.2 Å². The minimum Gasteiger partial charge on any atom is -0.479 e. The van der Waals surface area contributed by atoms with Crippen LogP contribution in [0.25, 0.3) is 0 Å². The van der Waals surface area contributed by atoms with Gasteiger partial charge in [-0.1, -0.05) is 0 Å². The van der Waals surface area contributed by atoms with Gasteiger partial charge in [-0.3, -0.25) is 4.99 Å². The zero-order chi connectivity index (χ0) is 15.6. The number of rotatable bonds is 3. The summed E-state index contributed by atoms with van der Waals surface area (Å²) in [5, 5.41) is 18.5. The normalized spacial score (nSPS) is 31.0. The molecule has 1 fully saturated rings. The first-order valence-corrected chi connectivity index (χ1v) is 6.83. The first-order valence-electron chi connectivity index (χ1n) is 6.83. The number of nitrogens with zero attached hydrogens (tertiary/aromatic N) is 1. The Balaban J connectivity index is 2.42. The van der Waals surface area contributed by atoms with Crippen molar-refractivity contribution in [3.05, 3.63) is 11.1 Å². The van der Waals surface area contributed by atoms with E-state index in [1.165, 1.54) is 6.21 Å². The van der Waals surface area contributed by atoms with Gasteiger partial charge in [-0.05, 0) is 32.3 Å². The van der Waals surface area contributed by atoms with Gasteiger partial charge in [-0.15, -0.1) is 0 Å². The van der Waals surface area contributed by atoms with E-state index < -0.39 is 29.7 Å². The van der Waals surface area contributed by atoms with Gasteiger partial charge in [0.05, 0.1) is 11.0 Å². The number of ether oxygens (including phenoxy) is 2. The lowest BCUT2D eigenvalue weighted by molar-refractivity contribution is -0.162. The summed E-state index contributed by atoms with van der Waals surface area (Å²) < 4.78 is 11.3. The highest BCUT2D eigenvalue weighted by atomic mass is 16.7. The quantitative estimate of drug-likeness (QED) is 0.807. The molecule has 2 N–H and O–H groups in total. The van der Waals surface area contributed by atoms with Crippen molar-refractivity contribution >= 4 is 18.2 Å². The molecule has 21 heavy (non-hydrogen) atoms. The first kappa shape index (κ1) is 15.7. The Morgan fingerprint density at radius 2 is 1.86 bits per heavy atom. The zero-order valence-corrected chi connectivity index (χ0v) is 12.0. The highest BCUT2D eigenvalue weighted by Crippen LogP contribution is 2.39. The molecule has 2 rings (SSSR count). The van der Waals surface area contributed by atoms with Crippen LogP contribution in [0.2, 0.25) is 0 Å². The third kappa shape index (κ3) is 2.84. The Hall–Kier alpha value is -1.73. The maximum atomic E-state index is 11.4. The summed E-state index contributed by atoms with van der Waals surface area (Å²) in [6.07, 6.45) is 2.53. The van der Waals surface area contributed by atoms with Crippen LogP contribution >= 0.6 is 0 Å². The topological polar surface area (TPSA) is 105 Å². The van der Waals surface area contributed by atoms with Gasteiger partial charge in [0.2, 0.25) is 0 Å². The molecule has 0 aromatic carbocycles. The Morgan fingerprint density at radius 3 is 2.33 bits per heavy atom. The molecule has 7 heteroatoms. The third-order valence-electron chi connectivity index (χ3n) is 4.01. The van der Waals surface area contributed by atoms with Crippen molar-refractivity contribution in [1.29, 1.82) is 0 Å². The van der Waals surface area contributed by atoms with Crippen molar-refractivity contribution < 1.29 is 29.3 Å². The van der Waals surface area contributed by atoms with E-state index in [0.717, 1.165) is 12.8 Å². The standard InChI is InChI=1S/C14H19NO6/c1-8-9(11(16)17)10(12(18)19)15-7-14(8,2)13-20-5-3-4-6-21-13/h7,10,13H,3-6H2,1-2H3,(H,16,17)(H,18,19). The van der Waals surface area contributed by atoms with Gasteiger partial charge in [0.15, 0.2) is 12.3 Å². The van der Waals surface area contributed by atoms with E-state index in [9.17, 15) is 14.7 Å². The predicted molar refractivity (Wildman–Crippen MR) is 73.3 cm³/mol. The molecule has 0 spiro atoms. The van der Waals surface area contributed by atoms with Gasteiger partial charge < -0.3 is 19.7 Å². The van der Waals surface area contributed by atoms with Crippen LogP contribution in [0.1, 0.15) is 26.7 Å². The van der Waals surface area contributed by atoms with E-state index in [2.05, 4.69) is 4.99 Å². The smallest absolute Gasteiger partial charge is 0.334 e. The summed E-state index contributed by atoms with van der Waals surface area (Å²) in [7, 11) is 0. The Morgan fingerprint density at radius 1 is 1.29 bits per heavy atom. The molecule has 2 aliphatic rings. The number of aliphatic carboxylic acids is 2. The molecule has 0 amide bonds. The van der Waals surface area contributed by atoms with E-state index in [-0.39, 0.29) is 5.57 Å². The van der Waals surface area contributed by atoms with E-state index in [1.807, 2.05) is 0 Å². The number of carbonyl (C=O) groups is 2. The molecule has 2 unspecified atom stereocenters. The van der Waals surface area contributed by atoms with Crippen LogP contribution in [0.5, 0.6) is 0 Å². The Kier molecular flexibility index (Phi) is 4.43. The SMILES string of the molecule is CC1=C(C(=O)O)C(C(=O)O)N=CC1(C)C1OCCCCO1. The molecule has 7 nitrogen and oxygen atoms in total. The summed E-state index contributed by atoms with van der Waals surface area (Å²) >= 11 is 0. The largest absolute Gasteiger partial charge is 0.479 e. The highest BCUT2D eigenvalue weighted by Gasteiger charge is 2.45. The lowest BCUT2D eigenvalue weighted by Gasteiger charge is -2.37. The maximum Gasteiger partial charge on any atom is 0.334 e. The van der Waals surface area contributed by atoms with E-state index in [4.69, 9.17) is 14.6 Å². The summed E-state index contributed by atoms with van der Waals surface area (Å²) in [4.78, 5) is 26.5. The minimum atomic E-state index is -1.39. The molecular formula is C14H19NO6. The van der Waals surface area contributed by atoms with Gasteiger partial charge in [0.25, 0.3) is 0 Å². The molecule has 2 aliphatic heterocycles. The highest BCUT2D eigenvalue weighted by molar-refractivity contribution is 6.00. The second-order valence-corrected chi connectivity index (χ2v) is 5.43. The van der Waals surface area contributed by atoms with Crippen LogP contribution in [0.4, 0.5) is 0 Å². The maximum absolute atomic E-state index is 11.4. The lowest BCUT2D eigenvalue weighted by Crippen LogP contribution is -2.44. The number of hydrogen-bond donors (Lipinski definition) is 2. The first-order chi connectivity index (χ1) is 9.88. The predicted octanol–water partition coefficient (Wildman–Crippen LogP) is 1.08. The van der Waals surface area contributed by atoms with Crippen LogP contribution in [-0.4, -0.2) is 53.9 Å².